The quantitative estimate of drug-likeness (QED) is 0.582. The number of halogens is 2. The Morgan fingerprint density at radius 2 is 1.87 bits per heavy atom. The molecule has 30 heavy (non-hydrogen) atoms. The van der Waals surface area contributed by atoms with E-state index >= 15 is 0 Å². The minimum atomic E-state index is -0.290. The molecule has 1 aromatic carbocycles. The number of nitrogens with one attached hydrogen (secondary N) is 2. The Morgan fingerprint density at radius 3 is 2.57 bits per heavy atom. The van der Waals surface area contributed by atoms with Gasteiger partial charge in [0, 0.05) is 17.6 Å². The minimum Gasteiger partial charge on any atom is -0.361 e. The molecule has 2 aliphatic rings. The molecule has 0 spiro atoms. The first-order chi connectivity index (χ1) is 14.4. The van der Waals surface area contributed by atoms with Crippen molar-refractivity contribution in [2.24, 2.45) is 0 Å². The molecule has 2 aromatic rings. The summed E-state index contributed by atoms with van der Waals surface area (Å²) in [6.07, 6.45) is 10.3. The molecule has 0 amide bonds. The number of aromatic nitrogens is 2. The van der Waals surface area contributed by atoms with Crippen LogP contribution in [0.25, 0.3) is 11.3 Å². The highest BCUT2D eigenvalue weighted by atomic mass is 35.5. The van der Waals surface area contributed by atoms with Gasteiger partial charge in [0.25, 0.3) is 0 Å². The zero-order valence-corrected chi connectivity index (χ0v) is 18.8. The van der Waals surface area contributed by atoms with Crippen LogP contribution >= 0.6 is 11.6 Å². The van der Waals surface area contributed by atoms with Crippen molar-refractivity contribution in [2.45, 2.75) is 84.0 Å². The Labute approximate surface area is 183 Å². The lowest BCUT2D eigenvalue weighted by molar-refractivity contribution is 0.470. The maximum Gasteiger partial charge on any atom is 0.223 e. The predicted molar refractivity (Wildman–Crippen MR) is 123 cm³/mol. The third-order valence-electron chi connectivity index (χ3n) is 6.13. The van der Waals surface area contributed by atoms with Crippen molar-refractivity contribution in [1.29, 1.82) is 0 Å². The van der Waals surface area contributed by atoms with Crippen LogP contribution in [-0.2, 0) is 0 Å². The number of nitrogens with zero attached hydrogens (tertiary/aromatic N) is 3. The summed E-state index contributed by atoms with van der Waals surface area (Å²) in [4.78, 5) is 11.2. The molecule has 4 rings (SSSR count). The number of hydrogen-bond donors (Lipinski definition) is 2. The second-order valence-corrected chi connectivity index (χ2v) is 9.16. The Morgan fingerprint density at radius 1 is 1.17 bits per heavy atom. The molecular weight excluding hydrogens is 401 g/mol. The Kier molecular flexibility index (Phi) is 6.32. The van der Waals surface area contributed by atoms with Gasteiger partial charge in [0.05, 0.1) is 34.5 Å². The van der Waals surface area contributed by atoms with Crippen LogP contribution in [0.1, 0.15) is 65.7 Å². The topological polar surface area (TPSA) is 53.1 Å². The van der Waals surface area contributed by atoms with Crippen LogP contribution in [0.3, 0.4) is 0 Å². The van der Waals surface area contributed by atoms with Gasteiger partial charge in [-0.2, -0.15) is 0 Å². The van der Waals surface area contributed by atoms with E-state index in [2.05, 4.69) is 39.3 Å². The van der Waals surface area contributed by atoms with Gasteiger partial charge in [-0.15, -0.1) is 0 Å². The van der Waals surface area contributed by atoms with E-state index in [-0.39, 0.29) is 18.0 Å². The van der Waals surface area contributed by atoms with E-state index < -0.39 is 0 Å². The highest BCUT2D eigenvalue weighted by Gasteiger charge is 2.30. The zero-order chi connectivity index (χ0) is 21.3. The number of benzene rings is 1. The molecule has 5 nitrogen and oxygen atoms in total. The molecule has 0 radical (unpaired) electrons. The maximum atomic E-state index is 14.9. The van der Waals surface area contributed by atoms with Crippen LogP contribution in [0.5, 0.6) is 0 Å². The van der Waals surface area contributed by atoms with Gasteiger partial charge in [-0.1, -0.05) is 43.7 Å². The molecule has 2 N–H and O–H groups in total. The largest absolute Gasteiger partial charge is 0.361 e. The number of fused-ring (bicyclic) bond motifs is 1. The Hall–Kier alpha value is -2.08. The minimum absolute atomic E-state index is 0.0298. The summed E-state index contributed by atoms with van der Waals surface area (Å²) < 4.78 is 14.9. The van der Waals surface area contributed by atoms with E-state index in [1.807, 2.05) is 13.0 Å². The summed E-state index contributed by atoms with van der Waals surface area (Å²) in [6.45, 7) is 6.24. The van der Waals surface area contributed by atoms with E-state index in [0.29, 0.717) is 34.0 Å². The van der Waals surface area contributed by atoms with Gasteiger partial charge in [-0.05, 0) is 45.7 Å². The monoisotopic (exact) mass is 431 g/mol. The summed E-state index contributed by atoms with van der Waals surface area (Å²) in [6, 6.07) is 4.09. The summed E-state index contributed by atoms with van der Waals surface area (Å²) in [5.41, 5.74) is 2.61. The van der Waals surface area contributed by atoms with Crippen molar-refractivity contribution in [3.05, 3.63) is 29.2 Å². The Balaban J connectivity index is 1.64. The number of hydrogen-bond acceptors (Lipinski definition) is 5. The Bertz CT molecular complexity index is 895. The van der Waals surface area contributed by atoms with Gasteiger partial charge in [0.2, 0.25) is 5.95 Å². The van der Waals surface area contributed by atoms with E-state index in [0.717, 1.165) is 18.5 Å². The lowest BCUT2D eigenvalue weighted by atomic mass is 9.97. The smallest absolute Gasteiger partial charge is 0.223 e. The molecule has 1 aliphatic carbocycles. The van der Waals surface area contributed by atoms with Crippen LogP contribution in [-0.4, -0.2) is 28.2 Å². The first-order valence-electron chi connectivity index (χ1n) is 11.1. The van der Waals surface area contributed by atoms with Crippen LogP contribution in [0.2, 0.25) is 5.02 Å². The molecule has 1 aromatic heterocycles. The predicted octanol–water partition coefficient (Wildman–Crippen LogP) is 6.45. The van der Waals surface area contributed by atoms with Crippen molar-refractivity contribution in [2.75, 3.05) is 15.5 Å². The molecule has 0 bridgehead atoms. The molecule has 1 atom stereocenters. The zero-order valence-electron chi connectivity index (χ0n) is 18.0. The number of rotatable bonds is 4. The summed E-state index contributed by atoms with van der Waals surface area (Å²) in [5.74, 6) is 0.273. The van der Waals surface area contributed by atoms with Crippen LogP contribution in [0.15, 0.2) is 18.3 Å². The summed E-state index contributed by atoms with van der Waals surface area (Å²) in [5, 5.41) is 7.15. The van der Waals surface area contributed by atoms with Gasteiger partial charge in [-0.25, -0.2) is 14.4 Å². The summed E-state index contributed by atoms with van der Waals surface area (Å²) >= 11 is 6.45. The van der Waals surface area contributed by atoms with Crippen molar-refractivity contribution in [1.82, 2.24) is 9.97 Å². The van der Waals surface area contributed by atoms with E-state index in [4.69, 9.17) is 11.6 Å². The lowest BCUT2D eigenvalue weighted by Gasteiger charge is -2.28. The fraction of sp³-hybridized carbons (Fsp3) is 0.565. The van der Waals surface area contributed by atoms with Crippen molar-refractivity contribution in [3.63, 3.8) is 0 Å². The molecule has 1 unspecified atom stereocenters. The van der Waals surface area contributed by atoms with Gasteiger partial charge in [-0.3, -0.25) is 0 Å². The van der Waals surface area contributed by atoms with Gasteiger partial charge in [0.1, 0.15) is 5.82 Å². The fourth-order valence-electron chi connectivity index (χ4n) is 4.71. The third-order valence-corrected chi connectivity index (χ3v) is 6.41. The van der Waals surface area contributed by atoms with Crippen molar-refractivity contribution < 1.29 is 4.39 Å². The highest BCUT2D eigenvalue weighted by Crippen LogP contribution is 2.42. The molecule has 1 fully saturated rings. The van der Waals surface area contributed by atoms with Crippen LogP contribution in [0.4, 0.5) is 21.7 Å². The van der Waals surface area contributed by atoms with E-state index in [9.17, 15) is 4.39 Å². The molecule has 0 saturated heterocycles. The third kappa shape index (κ3) is 4.34. The van der Waals surface area contributed by atoms with E-state index in [1.165, 1.54) is 38.2 Å². The lowest BCUT2D eigenvalue weighted by Crippen LogP contribution is -2.38. The van der Waals surface area contributed by atoms with Gasteiger partial charge in [0.15, 0.2) is 0 Å². The summed E-state index contributed by atoms with van der Waals surface area (Å²) in [7, 11) is 0. The maximum absolute atomic E-state index is 14.9. The van der Waals surface area contributed by atoms with Gasteiger partial charge >= 0.3 is 0 Å². The van der Waals surface area contributed by atoms with Crippen molar-refractivity contribution in [3.8, 4) is 11.3 Å². The molecule has 1 aliphatic heterocycles. The molecule has 2 heterocycles. The molecule has 7 heteroatoms. The second-order valence-electron chi connectivity index (χ2n) is 8.75. The average molecular weight is 432 g/mol. The SMILES string of the molecule is CC(C)N1c2cc(-c3nc(NC4CCCCCCC4)ncc3Cl)cc(F)c2NC1C. The standard InChI is InChI=1S/C23H31ClFN5/c1-14(2)30-15(3)27-22-19(25)11-16(12-20(22)30)21-18(24)13-26-23(29-21)28-17-9-7-5-4-6-8-10-17/h11-15,17,27H,4-10H2,1-3H3,(H,26,28,29). The molecule has 1 saturated carbocycles. The normalized spacial score (nSPS) is 19.9. The molecular formula is C23H31ClFN5. The number of anilines is 3. The first-order valence-corrected chi connectivity index (χ1v) is 11.5. The van der Waals surface area contributed by atoms with E-state index in [1.54, 1.807) is 6.20 Å². The first kappa shape index (κ1) is 21.2. The van der Waals surface area contributed by atoms with Gasteiger partial charge < -0.3 is 15.5 Å². The average Bonchev–Trinajstić information content (AvgIpc) is 3.02. The van der Waals surface area contributed by atoms with Crippen LogP contribution < -0.4 is 15.5 Å². The molecule has 162 valence electrons. The fourth-order valence-corrected chi connectivity index (χ4v) is 4.91. The van der Waals surface area contributed by atoms with Crippen LogP contribution in [0, 0.1) is 5.82 Å². The highest BCUT2D eigenvalue weighted by molar-refractivity contribution is 6.33. The second kappa shape index (κ2) is 8.96. The van der Waals surface area contributed by atoms with Crippen molar-refractivity contribution >= 4 is 28.9 Å².